The maximum absolute atomic E-state index is 12.6. The maximum Gasteiger partial charge on any atom is 0.307 e. The van der Waals surface area contributed by atoms with Gasteiger partial charge in [0.05, 0.1) is 5.92 Å². The molecule has 1 amide bonds. The first-order chi connectivity index (χ1) is 13.1. The van der Waals surface area contributed by atoms with Crippen LogP contribution in [0.15, 0.2) is 18.5 Å². The van der Waals surface area contributed by atoms with Crippen molar-refractivity contribution in [3.05, 3.63) is 18.5 Å². The number of carbonyl (C=O) groups excluding carboxylic acids is 1. The van der Waals surface area contributed by atoms with Crippen molar-refractivity contribution in [1.29, 1.82) is 0 Å². The molecule has 0 radical (unpaired) electrons. The Labute approximate surface area is 159 Å². The van der Waals surface area contributed by atoms with Crippen LogP contribution in [0.3, 0.4) is 0 Å². The second-order valence-electron chi connectivity index (χ2n) is 8.51. The molecule has 3 aliphatic carbocycles. The first-order valence-corrected chi connectivity index (χ1v) is 10.1. The third-order valence-electron chi connectivity index (χ3n) is 6.81. The summed E-state index contributed by atoms with van der Waals surface area (Å²) in [6.07, 6.45) is 11.6. The lowest BCUT2D eigenvalue weighted by atomic mass is 9.81. The Morgan fingerprint density at radius 2 is 1.67 bits per heavy atom. The molecule has 3 saturated carbocycles. The van der Waals surface area contributed by atoms with Gasteiger partial charge in [-0.15, -0.1) is 0 Å². The Hall–Kier alpha value is -2.18. The lowest BCUT2D eigenvalue weighted by molar-refractivity contribution is -0.139. The molecule has 1 aromatic rings. The van der Waals surface area contributed by atoms with Crippen LogP contribution in [0.1, 0.15) is 57.8 Å². The van der Waals surface area contributed by atoms with Gasteiger partial charge in [0.25, 0.3) is 0 Å². The molecule has 3 fully saturated rings. The number of carboxylic acid groups (broad SMARTS) is 1. The smallest absolute Gasteiger partial charge is 0.307 e. The van der Waals surface area contributed by atoms with Crippen molar-refractivity contribution in [2.75, 3.05) is 5.32 Å². The molecular weight excluding hydrogens is 344 g/mol. The van der Waals surface area contributed by atoms with Gasteiger partial charge in [-0.2, -0.15) is 0 Å². The predicted molar refractivity (Wildman–Crippen MR) is 100.0 cm³/mol. The van der Waals surface area contributed by atoms with Crippen LogP contribution in [-0.2, 0) is 9.59 Å². The quantitative estimate of drug-likeness (QED) is 0.734. The highest BCUT2D eigenvalue weighted by molar-refractivity contribution is 5.79. The molecule has 1 atom stereocenters. The minimum Gasteiger partial charge on any atom is -0.481 e. The van der Waals surface area contributed by atoms with E-state index in [2.05, 4.69) is 20.6 Å². The Balaban J connectivity index is 1.19. The summed E-state index contributed by atoms with van der Waals surface area (Å²) in [6, 6.07) is 2.34. The van der Waals surface area contributed by atoms with Gasteiger partial charge < -0.3 is 15.7 Å². The van der Waals surface area contributed by atoms with E-state index in [1.807, 2.05) is 0 Å². The molecule has 7 nitrogen and oxygen atoms in total. The van der Waals surface area contributed by atoms with Crippen molar-refractivity contribution < 1.29 is 14.7 Å². The minimum atomic E-state index is -0.649. The van der Waals surface area contributed by atoms with Gasteiger partial charge in [0, 0.05) is 30.4 Å². The number of aromatic nitrogens is 2. The molecule has 27 heavy (non-hydrogen) atoms. The van der Waals surface area contributed by atoms with Crippen molar-refractivity contribution in [2.45, 2.75) is 69.9 Å². The normalized spacial score (nSPS) is 35.4. The summed E-state index contributed by atoms with van der Waals surface area (Å²) >= 11 is 0. The summed E-state index contributed by atoms with van der Waals surface area (Å²) in [7, 11) is 0. The molecule has 7 heteroatoms. The van der Waals surface area contributed by atoms with Gasteiger partial charge in [-0.1, -0.05) is 0 Å². The van der Waals surface area contributed by atoms with Gasteiger partial charge in [0.2, 0.25) is 11.9 Å². The highest BCUT2D eigenvalue weighted by Crippen LogP contribution is 2.61. The molecular formula is C20H28N4O3. The second kappa shape index (κ2) is 7.44. The number of anilines is 1. The van der Waals surface area contributed by atoms with Crippen LogP contribution >= 0.6 is 0 Å². The fraction of sp³-hybridized carbons (Fsp3) is 0.700. The standard InChI is InChI=1S/C20H28N4O3/c25-17(23-15-6-8-20(9-7-15)12-16(20)18(26)27)13-2-4-14(5-3-13)24-19-21-10-1-11-22-19/h1,10-11,13-16H,2-9,12H2,(H,23,25)(H,26,27)(H,21,22,24). The van der Waals surface area contributed by atoms with E-state index < -0.39 is 5.97 Å². The average Bonchev–Trinajstić information content (AvgIpc) is 3.39. The van der Waals surface area contributed by atoms with Crippen LogP contribution in [0.2, 0.25) is 0 Å². The Morgan fingerprint density at radius 3 is 2.26 bits per heavy atom. The predicted octanol–water partition coefficient (Wildman–Crippen LogP) is 2.60. The second-order valence-corrected chi connectivity index (χ2v) is 8.51. The SMILES string of the molecule is O=C(NC1CCC2(CC1)CC2C(=O)O)C1CCC(Nc2ncccn2)CC1. The van der Waals surface area contributed by atoms with Gasteiger partial charge in [0.15, 0.2) is 0 Å². The van der Waals surface area contributed by atoms with Crippen LogP contribution in [-0.4, -0.2) is 39.0 Å². The van der Waals surface area contributed by atoms with E-state index in [0.29, 0.717) is 12.0 Å². The number of hydrogen-bond donors (Lipinski definition) is 3. The number of nitrogens with zero attached hydrogens (tertiary/aromatic N) is 2. The minimum absolute atomic E-state index is 0.0380. The highest BCUT2D eigenvalue weighted by atomic mass is 16.4. The van der Waals surface area contributed by atoms with E-state index in [9.17, 15) is 14.7 Å². The van der Waals surface area contributed by atoms with Gasteiger partial charge in [0.1, 0.15) is 0 Å². The molecule has 1 aromatic heterocycles. The average molecular weight is 372 g/mol. The number of carbonyl (C=O) groups is 2. The molecule has 3 N–H and O–H groups in total. The van der Waals surface area contributed by atoms with Gasteiger partial charge in [-0.05, 0) is 69.3 Å². The van der Waals surface area contributed by atoms with Crippen molar-refractivity contribution >= 4 is 17.8 Å². The van der Waals surface area contributed by atoms with Gasteiger partial charge in [-0.3, -0.25) is 9.59 Å². The first kappa shape index (κ1) is 18.2. The maximum atomic E-state index is 12.6. The van der Waals surface area contributed by atoms with Crippen LogP contribution in [0, 0.1) is 17.3 Å². The number of hydrogen-bond acceptors (Lipinski definition) is 5. The van der Waals surface area contributed by atoms with Crippen LogP contribution in [0.4, 0.5) is 5.95 Å². The van der Waals surface area contributed by atoms with Crippen molar-refractivity contribution in [3.8, 4) is 0 Å². The van der Waals surface area contributed by atoms with Crippen molar-refractivity contribution in [2.24, 2.45) is 17.3 Å². The number of amides is 1. The number of aliphatic carboxylic acids is 1. The largest absolute Gasteiger partial charge is 0.481 e. The van der Waals surface area contributed by atoms with E-state index in [1.54, 1.807) is 18.5 Å². The Kier molecular flexibility index (Phi) is 5.02. The highest BCUT2D eigenvalue weighted by Gasteiger charge is 2.58. The molecule has 146 valence electrons. The van der Waals surface area contributed by atoms with E-state index in [1.165, 1.54) is 0 Å². The lowest BCUT2D eigenvalue weighted by Gasteiger charge is -2.33. The molecule has 4 rings (SSSR count). The third-order valence-corrected chi connectivity index (χ3v) is 6.81. The van der Waals surface area contributed by atoms with Crippen LogP contribution < -0.4 is 10.6 Å². The summed E-state index contributed by atoms with van der Waals surface area (Å²) in [5.74, 6) is 0.120. The molecule has 3 aliphatic rings. The third kappa shape index (κ3) is 4.06. The molecule has 0 aliphatic heterocycles. The zero-order valence-electron chi connectivity index (χ0n) is 15.6. The van der Waals surface area contributed by atoms with E-state index in [4.69, 9.17) is 0 Å². The molecule has 0 aromatic carbocycles. The van der Waals surface area contributed by atoms with E-state index >= 15 is 0 Å². The van der Waals surface area contributed by atoms with Crippen LogP contribution in [0.5, 0.6) is 0 Å². The lowest BCUT2D eigenvalue weighted by Crippen LogP contribution is -2.43. The Bertz CT molecular complexity index is 680. The van der Waals surface area contributed by atoms with Gasteiger partial charge in [-0.25, -0.2) is 9.97 Å². The zero-order valence-corrected chi connectivity index (χ0v) is 15.6. The summed E-state index contributed by atoms with van der Waals surface area (Å²) < 4.78 is 0. The van der Waals surface area contributed by atoms with Crippen LogP contribution in [0.25, 0.3) is 0 Å². The summed E-state index contributed by atoms with van der Waals surface area (Å²) in [5, 5.41) is 15.8. The monoisotopic (exact) mass is 372 g/mol. The summed E-state index contributed by atoms with van der Waals surface area (Å²) in [5.41, 5.74) is 0.0380. The van der Waals surface area contributed by atoms with Crippen molar-refractivity contribution in [3.63, 3.8) is 0 Å². The number of rotatable bonds is 5. The number of carboxylic acids is 1. The Morgan fingerprint density at radius 1 is 1.00 bits per heavy atom. The van der Waals surface area contributed by atoms with Crippen molar-refractivity contribution in [1.82, 2.24) is 15.3 Å². The fourth-order valence-corrected chi connectivity index (χ4v) is 4.96. The van der Waals surface area contributed by atoms with E-state index in [0.717, 1.165) is 57.8 Å². The van der Waals surface area contributed by atoms with E-state index in [-0.39, 0.29) is 29.2 Å². The molecule has 0 saturated heterocycles. The fourth-order valence-electron chi connectivity index (χ4n) is 4.96. The van der Waals surface area contributed by atoms with Gasteiger partial charge >= 0.3 is 5.97 Å². The first-order valence-electron chi connectivity index (χ1n) is 10.1. The zero-order chi connectivity index (χ0) is 18.9. The summed E-state index contributed by atoms with van der Waals surface area (Å²) in [4.78, 5) is 32.2. The molecule has 1 heterocycles. The topological polar surface area (TPSA) is 104 Å². The number of nitrogens with one attached hydrogen (secondary N) is 2. The molecule has 0 bridgehead atoms. The molecule has 1 spiro atoms. The molecule has 1 unspecified atom stereocenters. The summed E-state index contributed by atoms with van der Waals surface area (Å²) in [6.45, 7) is 0.